The van der Waals surface area contributed by atoms with E-state index in [0.717, 1.165) is 0 Å². The second-order valence-electron chi connectivity index (χ2n) is 3.18. The van der Waals surface area contributed by atoms with Crippen LogP contribution < -0.4 is 4.74 Å². The molecule has 0 fully saturated rings. The maximum atomic E-state index is 10.9. The van der Waals surface area contributed by atoms with Crippen molar-refractivity contribution in [1.82, 2.24) is 0 Å². The van der Waals surface area contributed by atoms with Gasteiger partial charge in [-0.3, -0.25) is 4.79 Å². The van der Waals surface area contributed by atoms with Crippen LogP contribution in [0.15, 0.2) is 28.9 Å². The molecule has 1 heterocycles. The number of esters is 1. The number of benzene rings is 1. The molecule has 0 radical (unpaired) electrons. The molecular formula is C11H8O5. The summed E-state index contributed by atoms with van der Waals surface area (Å²) in [5.41, 5.74) is 0.238. The van der Waals surface area contributed by atoms with Gasteiger partial charge in [0.05, 0.1) is 5.39 Å². The molecule has 0 saturated heterocycles. The first kappa shape index (κ1) is 10.2. The van der Waals surface area contributed by atoms with Crippen molar-refractivity contribution in [3.05, 3.63) is 30.0 Å². The van der Waals surface area contributed by atoms with Crippen molar-refractivity contribution in [3.63, 3.8) is 0 Å². The Balaban J connectivity index is 2.61. The minimum atomic E-state index is -1.09. The highest BCUT2D eigenvalue weighted by molar-refractivity contribution is 6.03. The monoisotopic (exact) mass is 220 g/mol. The minimum absolute atomic E-state index is 0.0379. The van der Waals surface area contributed by atoms with Crippen molar-refractivity contribution in [2.24, 2.45) is 0 Å². The molecule has 0 bridgehead atoms. The summed E-state index contributed by atoms with van der Waals surface area (Å²) in [6.45, 7) is 1.26. The molecule has 0 aliphatic heterocycles. The number of carbonyl (C=O) groups excluding carboxylic acids is 1. The van der Waals surface area contributed by atoms with Crippen LogP contribution in [0, 0.1) is 0 Å². The molecule has 1 aromatic heterocycles. The first-order chi connectivity index (χ1) is 7.59. The van der Waals surface area contributed by atoms with Crippen LogP contribution in [0.5, 0.6) is 5.75 Å². The Labute approximate surface area is 90.2 Å². The van der Waals surface area contributed by atoms with Gasteiger partial charge in [-0.2, -0.15) is 0 Å². The Hall–Kier alpha value is -2.30. The van der Waals surface area contributed by atoms with Crippen molar-refractivity contribution >= 4 is 22.9 Å². The smallest absolute Gasteiger partial charge is 0.339 e. The van der Waals surface area contributed by atoms with E-state index in [1.165, 1.54) is 19.3 Å². The molecule has 16 heavy (non-hydrogen) atoms. The maximum absolute atomic E-state index is 10.9. The quantitative estimate of drug-likeness (QED) is 0.784. The van der Waals surface area contributed by atoms with Gasteiger partial charge in [0.15, 0.2) is 11.3 Å². The van der Waals surface area contributed by atoms with E-state index in [0.29, 0.717) is 5.39 Å². The molecule has 0 atom stereocenters. The van der Waals surface area contributed by atoms with Crippen LogP contribution in [0.3, 0.4) is 0 Å². The van der Waals surface area contributed by atoms with Gasteiger partial charge >= 0.3 is 11.9 Å². The summed E-state index contributed by atoms with van der Waals surface area (Å²) in [5, 5.41) is 9.37. The first-order valence-corrected chi connectivity index (χ1v) is 4.51. The van der Waals surface area contributed by atoms with E-state index in [2.05, 4.69) is 0 Å². The Morgan fingerprint density at radius 1 is 1.38 bits per heavy atom. The first-order valence-electron chi connectivity index (χ1n) is 4.51. The number of carboxylic acids is 1. The summed E-state index contributed by atoms with van der Waals surface area (Å²) >= 11 is 0. The van der Waals surface area contributed by atoms with Crippen LogP contribution in [0.25, 0.3) is 11.0 Å². The average molecular weight is 220 g/mol. The highest BCUT2D eigenvalue weighted by atomic mass is 16.5. The molecule has 0 unspecified atom stereocenters. The Kier molecular flexibility index (Phi) is 2.36. The van der Waals surface area contributed by atoms with Crippen LogP contribution in [0.4, 0.5) is 0 Å². The number of carbonyl (C=O) groups is 2. The van der Waals surface area contributed by atoms with Crippen molar-refractivity contribution < 1.29 is 23.8 Å². The number of rotatable bonds is 2. The lowest BCUT2D eigenvalue weighted by molar-refractivity contribution is -0.131. The zero-order chi connectivity index (χ0) is 11.7. The summed E-state index contributed by atoms with van der Waals surface area (Å²) in [7, 11) is 0. The Morgan fingerprint density at radius 2 is 2.12 bits per heavy atom. The van der Waals surface area contributed by atoms with Crippen LogP contribution in [-0.4, -0.2) is 17.0 Å². The number of para-hydroxylation sites is 1. The summed E-state index contributed by atoms with van der Waals surface area (Å²) in [4.78, 5) is 21.7. The summed E-state index contributed by atoms with van der Waals surface area (Å²) < 4.78 is 9.96. The highest BCUT2D eigenvalue weighted by Crippen LogP contribution is 2.30. The van der Waals surface area contributed by atoms with Crippen molar-refractivity contribution in [3.8, 4) is 5.75 Å². The number of hydrogen-bond acceptors (Lipinski definition) is 4. The van der Waals surface area contributed by atoms with Crippen LogP contribution in [0.2, 0.25) is 0 Å². The fourth-order valence-electron chi connectivity index (χ4n) is 1.44. The largest absolute Gasteiger partial charge is 0.478 e. The third-order valence-electron chi connectivity index (χ3n) is 2.05. The van der Waals surface area contributed by atoms with E-state index < -0.39 is 11.9 Å². The lowest BCUT2D eigenvalue weighted by atomic mass is 10.1. The molecule has 1 aromatic carbocycles. The topological polar surface area (TPSA) is 76.7 Å². The number of furan rings is 1. The maximum Gasteiger partial charge on any atom is 0.339 e. The van der Waals surface area contributed by atoms with Gasteiger partial charge in [-0.25, -0.2) is 4.79 Å². The van der Waals surface area contributed by atoms with Gasteiger partial charge < -0.3 is 14.3 Å². The second-order valence-corrected chi connectivity index (χ2v) is 3.18. The number of ether oxygens (including phenoxy) is 1. The Bertz CT molecular complexity index is 567. The van der Waals surface area contributed by atoms with Crippen molar-refractivity contribution in [2.45, 2.75) is 6.92 Å². The molecule has 0 amide bonds. The number of fused-ring (bicyclic) bond motifs is 1. The van der Waals surface area contributed by atoms with Gasteiger partial charge in [-0.05, 0) is 12.1 Å². The molecule has 2 rings (SSSR count). The lowest BCUT2D eigenvalue weighted by Gasteiger charge is -1.97. The Morgan fingerprint density at radius 3 is 2.75 bits per heavy atom. The van der Waals surface area contributed by atoms with Gasteiger partial charge in [0, 0.05) is 6.92 Å². The molecule has 0 spiro atoms. The predicted molar refractivity (Wildman–Crippen MR) is 54.5 cm³/mol. The van der Waals surface area contributed by atoms with Crippen molar-refractivity contribution in [1.29, 1.82) is 0 Å². The fraction of sp³-hybridized carbons (Fsp3) is 0.0909. The third-order valence-corrected chi connectivity index (χ3v) is 2.05. The number of carboxylic acid groups (broad SMARTS) is 1. The van der Waals surface area contributed by atoms with Crippen LogP contribution in [-0.2, 0) is 4.79 Å². The van der Waals surface area contributed by atoms with E-state index in [-0.39, 0.29) is 16.9 Å². The zero-order valence-electron chi connectivity index (χ0n) is 8.39. The molecule has 5 nitrogen and oxygen atoms in total. The van der Waals surface area contributed by atoms with Gasteiger partial charge in [0.25, 0.3) is 0 Å². The van der Waals surface area contributed by atoms with Crippen molar-refractivity contribution in [2.75, 3.05) is 0 Å². The number of hydrogen-bond donors (Lipinski definition) is 1. The summed E-state index contributed by atoms with van der Waals surface area (Å²) in [6.07, 6.45) is 1.22. The second kappa shape index (κ2) is 3.69. The molecule has 82 valence electrons. The average Bonchev–Trinajstić information content (AvgIpc) is 2.60. The van der Waals surface area contributed by atoms with Gasteiger partial charge in [-0.15, -0.1) is 0 Å². The normalized spacial score (nSPS) is 10.3. The molecule has 0 aliphatic carbocycles. The van der Waals surface area contributed by atoms with E-state index >= 15 is 0 Å². The summed E-state index contributed by atoms with van der Waals surface area (Å²) in [5.74, 6) is -1.34. The fourth-order valence-corrected chi connectivity index (χ4v) is 1.44. The van der Waals surface area contributed by atoms with Gasteiger partial charge in [0.2, 0.25) is 0 Å². The van der Waals surface area contributed by atoms with E-state index in [1.807, 2.05) is 0 Å². The summed E-state index contributed by atoms with van der Waals surface area (Å²) in [6, 6.07) is 4.61. The standard InChI is InChI=1S/C11H8O5/c1-6(12)16-9-5-15-10-7(9)3-2-4-8(10)11(13)14/h2-5H,1H3,(H,13,14). The molecular weight excluding hydrogens is 212 g/mol. The molecule has 0 aliphatic rings. The molecule has 5 heteroatoms. The third kappa shape index (κ3) is 1.63. The number of aromatic carboxylic acids is 1. The SMILES string of the molecule is CC(=O)Oc1coc2c(C(=O)O)cccc12. The van der Waals surface area contributed by atoms with Crippen LogP contribution >= 0.6 is 0 Å². The zero-order valence-corrected chi connectivity index (χ0v) is 8.39. The molecule has 0 saturated carbocycles. The predicted octanol–water partition coefficient (Wildman–Crippen LogP) is 2.06. The highest BCUT2D eigenvalue weighted by Gasteiger charge is 2.15. The molecule has 2 aromatic rings. The van der Waals surface area contributed by atoms with Gasteiger partial charge in [0.1, 0.15) is 11.8 Å². The van der Waals surface area contributed by atoms with E-state index in [9.17, 15) is 9.59 Å². The van der Waals surface area contributed by atoms with Gasteiger partial charge in [-0.1, -0.05) is 6.07 Å². The molecule has 1 N–H and O–H groups in total. The lowest BCUT2D eigenvalue weighted by Crippen LogP contribution is -2.00. The van der Waals surface area contributed by atoms with E-state index in [4.69, 9.17) is 14.3 Å². The minimum Gasteiger partial charge on any atom is -0.478 e. The van der Waals surface area contributed by atoms with E-state index in [1.54, 1.807) is 12.1 Å². The van der Waals surface area contributed by atoms with Crippen LogP contribution in [0.1, 0.15) is 17.3 Å².